The number of hydrogen-bond acceptors (Lipinski definition) is 5. The van der Waals surface area contributed by atoms with Crippen LogP contribution in [0.3, 0.4) is 0 Å². The first-order valence-electron chi connectivity index (χ1n) is 6.47. The molecule has 0 aromatic heterocycles. The maximum atomic E-state index is 12.2. The fraction of sp³-hybridized carbons (Fsp3) is 0.917. The molecule has 1 N–H and O–H groups in total. The summed E-state index contributed by atoms with van der Waals surface area (Å²) in [5, 5.41) is -0.638. The van der Waals surface area contributed by atoms with Crippen molar-refractivity contribution in [3.8, 4) is 0 Å². The molecule has 1 saturated carbocycles. The molecule has 0 saturated heterocycles. The highest BCUT2D eigenvalue weighted by Gasteiger charge is 2.42. The Kier molecular flexibility index (Phi) is 6.62. The van der Waals surface area contributed by atoms with Gasteiger partial charge >= 0.3 is 5.97 Å². The van der Waals surface area contributed by atoms with Crippen LogP contribution in [0.25, 0.3) is 0 Å². The molecule has 0 heterocycles. The lowest BCUT2D eigenvalue weighted by molar-refractivity contribution is -0.145. The maximum absolute atomic E-state index is 12.2. The van der Waals surface area contributed by atoms with Gasteiger partial charge in [-0.25, -0.2) is 13.1 Å². The molecule has 7 heteroatoms. The normalized spacial score (nSPS) is 25.2. The van der Waals surface area contributed by atoms with Gasteiger partial charge in [0.25, 0.3) is 0 Å². The van der Waals surface area contributed by atoms with Crippen LogP contribution in [0.2, 0.25) is 0 Å². The Labute approximate surface area is 119 Å². The molecular weight excluding hydrogens is 286 g/mol. The number of sulfonamides is 1. The molecule has 0 aromatic carbocycles. The van der Waals surface area contributed by atoms with E-state index in [1.54, 1.807) is 11.8 Å². The highest BCUT2D eigenvalue weighted by atomic mass is 32.2. The third kappa shape index (κ3) is 4.65. The van der Waals surface area contributed by atoms with E-state index in [0.29, 0.717) is 19.4 Å². The molecule has 0 bridgehead atoms. The largest absolute Gasteiger partial charge is 0.469 e. The lowest BCUT2D eigenvalue weighted by Gasteiger charge is -2.20. The van der Waals surface area contributed by atoms with E-state index >= 15 is 0 Å². The molecular formula is C12H23NO4S2. The van der Waals surface area contributed by atoms with Crippen molar-refractivity contribution in [1.29, 1.82) is 0 Å². The van der Waals surface area contributed by atoms with Gasteiger partial charge < -0.3 is 4.74 Å². The zero-order valence-corrected chi connectivity index (χ0v) is 13.4. The Morgan fingerprint density at radius 3 is 2.74 bits per heavy atom. The van der Waals surface area contributed by atoms with Gasteiger partial charge in [-0.3, -0.25) is 4.79 Å². The SMILES string of the molecule is COC(=O)C1CCCC1S(=O)(=O)NCC(C)CSC. The number of esters is 1. The third-order valence-electron chi connectivity index (χ3n) is 3.44. The summed E-state index contributed by atoms with van der Waals surface area (Å²) in [5.74, 6) is 0.263. The predicted octanol–water partition coefficient (Wildman–Crippen LogP) is 1.25. The van der Waals surface area contributed by atoms with E-state index in [0.717, 1.165) is 12.2 Å². The predicted molar refractivity (Wildman–Crippen MR) is 77.6 cm³/mol. The molecule has 112 valence electrons. The summed E-state index contributed by atoms with van der Waals surface area (Å²) in [7, 11) is -2.13. The molecule has 5 nitrogen and oxygen atoms in total. The van der Waals surface area contributed by atoms with Crippen molar-refractivity contribution < 1.29 is 17.9 Å². The molecule has 0 radical (unpaired) electrons. The third-order valence-corrected chi connectivity index (χ3v) is 6.27. The Hall–Kier alpha value is -0.270. The lowest BCUT2D eigenvalue weighted by Crippen LogP contribution is -2.41. The van der Waals surface area contributed by atoms with E-state index in [1.807, 2.05) is 13.2 Å². The van der Waals surface area contributed by atoms with Crippen LogP contribution in [-0.4, -0.2) is 45.3 Å². The molecule has 0 amide bonds. The van der Waals surface area contributed by atoms with Crippen molar-refractivity contribution in [2.24, 2.45) is 11.8 Å². The van der Waals surface area contributed by atoms with Crippen molar-refractivity contribution in [3.05, 3.63) is 0 Å². The van der Waals surface area contributed by atoms with Crippen molar-refractivity contribution in [1.82, 2.24) is 4.72 Å². The van der Waals surface area contributed by atoms with Crippen LogP contribution in [0, 0.1) is 11.8 Å². The van der Waals surface area contributed by atoms with E-state index in [4.69, 9.17) is 0 Å². The summed E-state index contributed by atoms with van der Waals surface area (Å²) in [6, 6.07) is 0. The summed E-state index contributed by atoms with van der Waals surface area (Å²) in [4.78, 5) is 11.6. The minimum absolute atomic E-state index is 0.280. The van der Waals surface area contributed by atoms with Crippen molar-refractivity contribution in [2.45, 2.75) is 31.4 Å². The van der Waals surface area contributed by atoms with Gasteiger partial charge in [0.2, 0.25) is 10.0 Å². The van der Waals surface area contributed by atoms with Gasteiger partial charge in [0.1, 0.15) is 0 Å². The molecule has 1 aliphatic carbocycles. The number of nitrogens with one attached hydrogen (secondary N) is 1. The van der Waals surface area contributed by atoms with Gasteiger partial charge in [-0.1, -0.05) is 13.3 Å². The first-order chi connectivity index (χ1) is 8.92. The second-order valence-corrected chi connectivity index (χ2v) is 7.95. The minimum Gasteiger partial charge on any atom is -0.469 e. The van der Waals surface area contributed by atoms with Gasteiger partial charge in [-0.05, 0) is 30.8 Å². The Balaban J connectivity index is 2.63. The average molecular weight is 309 g/mol. The second-order valence-electron chi connectivity index (χ2n) is 5.05. The quantitative estimate of drug-likeness (QED) is 0.717. The highest BCUT2D eigenvalue weighted by Crippen LogP contribution is 2.31. The van der Waals surface area contributed by atoms with Gasteiger partial charge in [-0.15, -0.1) is 0 Å². The average Bonchev–Trinajstić information content (AvgIpc) is 2.86. The van der Waals surface area contributed by atoms with Gasteiger partial charge in [0.05, 0.1) is 18.3 Å². The fourth-order valence-corrected chi connectivity index (χ4v) is 5.00. The van der Waals surface area contributed by atoms with Gasteiger partial charge in [0.15, 0.2) is 0 Å². The van der Waals surface area contributed by atoms with Crippen molar-refractivity contribution in [3.63, 3.8) is 0 Å². The Morgan fingerprint density at radius 2 is 2.16 bits per heavy atom. The zero-order valence-electron chi connectivity index (χ0n) is 11.7. The summed E-state index contributed by atoms with van der Waals surface area (Å²) in [6.07, 6.45) is 3.88. The fourth-order valence-electron chi connectivity index (χ4n) is 2.43. The lowest BCUT2D eigenvalue weighted by atomic mass is 10.1. The number of carbonyl (C=O) groups excluding carboxylic acids is 1. The summed E-state index contributed by atoms with van der Waals surface area (Å²) < 4.78 is 31.8. The van der Waals surface area contributed by atoms with Crippen LogP contribution in [0.5, 0.6) is 0 Å². The Bertz CT molecular complexity index is 397. The van der Waals surface area contributed by atoms with E-state index in [1.165, 1.54) is 7.11 Å². The molecule has 1 rings (SSSR count). The zero-order chi connectivity index (χ0) is 14.5. The minimum atomic E-state index is -3.44. The number of thioether (sulfide) groups is 1. The van der Waals surface area contributed by atoms with E-state index < -0.39 is 27.2 Å². The smallest absolute Gasteiger partial charge is 0.310 e. The van der Waals surface area contributed by atoms with Crippen molar-refractivity contribution in [2.75, 3.05) is 25.7 Å². The molecule has 0 aliphatic heterocycles. The first-order valence-corrected chi connectivity index (χ1v) is 9.41. The molecule has 0 aromatic rings. The number of ether oxygens (including phenoxy) is 1. The maximum Gasteiger partial charge on any atom is 0.310 e. The van der Waals surface area contributed by atoms with E-state index in [-0.39, 0.29) is 5.92 Å². The topological polar surface area (TPSA) is 72.5 Å². The summed E-state index contributed by atoms with van der Waals surface area (Å²) in [5.41, 5.74) is 0. The van der Waals surface area contributed by atoms with Crippen LogP contribution in [0.15, 0.2) is 0 Å². The van der Waals surface area contributed by atoms with Crippen LogP contribution in [-0.2, 0) is 19.6 Å². The molecule has 1 fully saturated rings. The van der Waals surface area contributed by atoms with Gasteiger partial charge in [0, 0.05) is 6.54 Å². The highest BCUT2D eigenvalue weighted by molar-refractivity contribution is 7.98. The van der Waals surface area contributed by atoms with E-state index in [2.05, 4.69) is 9.46 Å². The number of hydrogen-bond donors (Lipinski definition) is 1. The number of methoxy groups -OCH3 is 1. The molecule has 3 atom stereocenters. The molecule has 1 aliphatic rings. The summed E-state index contributed by atoms with van der Waals surface area (Å²) in [6.45, 7) is 2.43. The van der Waals surface area contributed by atoms with Gasteiger partial charge in [-0.2, -0.15) is 11.8 Å². The molecule has 3 unspecified atom stereocenters. The second kappa shape index (κ2) is 7.50. The van der Waals surface area contributed by atoms with Crippen LogP contribution in [0.1, 0.15) is 26.2 Å². The Morgan fingerprint density at radius 1 is 1.47 bits per heavy atom. The van der Waals surface area contributed by atoms with Crippen molar-refractivity contribution >= 4 is 27.8 Å². The first kappa shape index (κ1) is 16.8. The van der Waals surface area contributed by atoms with Crippen LogP contribution in [0.4, 0.5) is 0 Å². The van der Waals surface area contributed by atoms with E-state index in [9.17, 15) is 13.2 Å². The standard InChI is InChI=1S/C12H23NO4S2/c1-9(8-18-3)7-13-19(15,16)11-6-4-5-10(11)12(14)17-2/h9-11,13H,4-8H2,1-3H3. The van der Waals surface area contributed by atoms with Crippen LogP contribution < -0.4 is 4.72 Å². The number of carbonyl (C=O) groups is 1. The summed E-state index contributed by atoms with van der Waals surface area (Å²) >= 11 is 1.69. The molecule has 0 spiro atoms. The molecule has 19 heavy (non-hydrogen) atoms. The number of rotatable bonds is 7. The monoisotopic (exact) mass is 309 g/mol. The van der Waals surface area contributed by atoms with Crippen LogP contribution >= 0.6 is 11.8 Å².